The normalized spacial score (nSPS) is 19.6. The van der Waals surface area contributed by atoms with Gasteiger partial charge in [0.1, 0.15) is 72.5 Å². The van der Waals surface area contributed by atoms with E-state index in [9.17, 15) is 82.8 Å². The maximum atomic E-state index is 14.6. The number of primary amides is 1. The zero-order valence-electron chi connectivity index (χ0n) is 56.4. The van der Waals surface area contributed by atoms with Gasteiger partial charge < -0.3 is 101 Å². The van der Waals surface area contributed by atoms with Gasteiger partial charge in [-0.2, -0.15) is 0 Å². The highest BCUT2D eigenvalue weighted by Gasteiger charge is 2.44. The molecule has 0 radical (unpaired) electrons. The Bertz CT molecular complexity index is 3150. The molecule has 0 aromatic heterocycles. The summed E-state index contributed by atoms with van der Waals surface area (Å²) in [6, 6.07) is -0.637. The average molecular weight is 1380 g/mol. The van der Waals surface area contributed by atoms with Crippen LogP contribution in [0.3, 0.4) is 0 Å². The van der Waals surface area contributed by atoms with Crippen molar-refractivity contribution < 1.29 is 82.8 Å². The summed E-state index contributed by atoms with van der Waals surface area (Å²) in [5, 5.41) is 68.8. The van der Waals surface area contributed by atoms with Gasteiger partial charge in [0.25, 0.3) is 0 Å². The molecule has 3 aliphatic heterocycles. The minimum Gasteiger partial charge on any atom is -0.394 e. The summed E-state index contributed by atoms with van der Waals surface area (Å²) >= 11 is 0. The highest BCUT2D eigenvalue weighted by molar-refractivity contribution is 6.00. The van der Waals surface area contributed by atoms with Crippen molar-refractivity contribution in [2.45, 2.75) is 210 Å². The predicted molar refractivity (Wildman–Crippen MR) is 354 cm³/mol. The summed E-state index contributed by atoms with van der Waals surface area (Å²) < 4.78 is 0. The molecular weight excluding hydrogens is 1280 g/mol. The summed E-state index contributed by atoms with van der Waals surface area (Å²) in [5.41, 5.74) is 17.5. The van der Waals surface area contributed by atoms with Crippen molar-refractivity contribution >= 4 is 82.8 Å². The number of guanidine groups is 1. The van der Waals surface area contributed by atoms with E-state index in [0.717, 1.165) is 11.8 Å². The minimum atomic E-state index is -1.87. The maximum absolute atomic E-state index is 14.6. The van der Waals surface area contributed by atoms with Crippen LogP contribution < -0.4 is 70.4 Å². The van der Waals surface area contributed by atoms with Gasteiger partial charge in [-0.05, 0) is 95.1 Å². The third kappa shape index (κ3) is 23.5. The van der Waals surface area contributed by atoms with Gasteiger partial charge >= 0.3 is 0 Å². The van der Waals surface area contributed by atoms with Gasteiger partial charge in [0, 0.05) is 38.9 Å². The Labute approximate surface area is 568 Å². The summed E-state index contributed by atoms with van der Waals surface area (Å²) in [6.45, 7) is 9.68. The first-order valence-electron chi connectivity index (χ1n) is 33.0. The lowest BCUT2D eigenvalue weighted by molar-refractivity contribution is -0.144. The zero-order chi connectivity index (χ0) is 72.7. The Morgan fingerprint density at radius 3 is 1.39 bits per heavy atom. The van der Waals surface area contributed by atoms with E-state index in [0.29, 0.717) is 17.5 Å². The number of nitrogens with zero attached hydrogens (tertiary/aromatic N) is 3. The molecule has 0 spiro atoms. The molecule has 5 rings (SSSR count). The molecule has 20 N–H and O–H groups in total. The van der Waals surface area contributed by atoms with Crippen LogP contribution in [0.5, 0.6) is 0 Å². The van der Waals surface area contributed by atoms with Crippen LogP contribution in [0.2, 0.25) is 0 Å². The van der Waals surface area contributed by atoms with E-state index in [4.69, 9.17) is 17.2 Å². The van der Waals surface area contributed by atoms with Crippen molar-refractivity contribution in [2.75, 3.05) is 26.2 Å². The van der Waals surface area contributed by atoms with Gasteiger partial charge in [0.2, 0.25) is 76.8 Å². The van der Waals surface area contributed by atoms with Crippen LogP contribution in [0.15, 0.2) is 65.7 Å². The molecule has 0 bridgehead atoms. The van der Waals surface area contributed by atoms with E-state index in [1.54, 1.807) is 74.5 Å². The number of carbonyl (C=O) groups excluding carboxylic acids is 13. The predicted octanol–water partition coefficient (Wildman–Crippen LogP) is -5.53. The van der Waals surface area contributed by atoms with Crippen LogP contribution in [-0.2, 0) is 75.2 Å². The molecular formula is C65H98N16O17. The van der Waals surface area contributed by atoms with E-state index in [1.807, 2.05) is 13.8 Å². The van der Waals surface area contributed by atoms with Crippen molar-refractivity contribution in [3.05, 3.63) is 71.8 Å². The highest BCUT2D eigenvalue weighted by Crippen LogP contribution is 2.23. The highest BCUT2D eigenvalue weighted by atomic mass is 16.3. The molecule has 33 nitrogen and oxygen atoms in total. The Hall–Kier alpha value is -9.34. The van der Waals surface area contributed by atoms with Crippen LogP contribution in [0.4, 0.5) is 0 Å². The Kier molecular flexibility index (Phi) is 30.8. The Morgan fingerprint density at radius 2 is 0.949 bits per heavy atom. The van der Waals surface area contributed by atoms with Crippen molar-refractivity contribution in [1.82, 2.24) is 63.0 Å². The number of hydrogen-bond acceptors (Lipinski definition) is 18. The number of amides is 13. The second-order valence-corrected chi connectivity index (χ2v) is 25.8. The number of rotatable bonds is 36. The first kappa shape index (κ1) is 79.3. The van der Waals surface area contributed by atoms with Crippen LogP contribution in [0.25, 0.3) is 0 Å². The van der Waals surface area contributed by atoms with Crippen LogP contribution in [-0.4, -0.2) is 230 Å². The second kappa shape index (κ2) is 38.0. The molecule has 2 aromatic carbocycles. The molecule has 33 heteroatoms. The lowest BCUT2D eigenvalue weighted by atomic mass is 10.0. The standard InChI is InChI=1S/C65H98N16O17/c1-33(2)29-42(53(66)87)72-54(88)40(21-14-26-69-65(67)68)71-59(93)46-22-15-28-81(46)64(98)52(37(7)85)79-57(91)44(31-39-19-12-9-13-20-39)74-61(95)50(35(5)83)77-56(90)43(30-38-17-10-8-11-18-38)73-62(96)51(36(6)84)78-60(94)47-23-16-27-80(47)63(97)49(34(3)4)76-58(92)45(32-82)75-55(89)41-24-25-48(86)70-41/h8-13,17-20,33-37,40-47,49-52,82-85H,14-16,21-32H2,1-7H3,(H2,66,87)(H,70,86)(H,71,93)(H,72,88)(H,73,96)(H,74,95)(H,75,89)(H,76,92)(H,77,90)(H,78,94)(H,79,91)(H4,67,68,69)/t35-,36-,37?,40+,41+,42+,43+,44+,45+,46+,47+,49+,50+,51+,52+/m1/s1. The molecule has 3 saturated heterocycles. The van der Waals surface area contributed by atoms with Crippen molar-refractivity contribution in [3.8, 4) is 0 Å². The average Bonchev–Trinajstić information content (AvgIpc) is 1.66. The van der Waals surface area contributed by atoms with Crippen LogP contribution in [0.1, 0.15) is 117 Å². The molecule has 1 unspecified atom stereocenters. The first-order chi connectivity index (χ1) is 46.3. The number of hydrogen-bond donors (Lipinski definition) is 17. The fourth-order valence-electron chi connectivity index (χ4n) is 11.6. The van der Waals surface area contributed by atoms with Crippen molar-refractivity contribution in [2.24, 2.45) is 34.0 Å². The summed E-state index contributed by atoms with van der Waals surface area (Å²) in [7, 11) is 0. The third-order valence-corrected chi connectivity index (χ3v) is 17.0. The molecule has 15 atom stereocenters. The summed E-state index contributed by atoms with van der Waals surface area (Å²) in [6.07, 6.45) is -4.07. The van der Waals surface area contributed by atoms with Gasteiger partial charge in [-0.25, -0.2) is 0 Å². The number of aliphatic imine (C=N–C) groups is 1. The topological polar surface area (TPSA) is 520 Å². The van der Waals surface area contributed by atoms with E-state index in [2.05, 4.69) is 58.2 Å². The van der Waals surface area contributed by atoms with Crippen molar-refractivity contribution in [1.29, 1.82) is 0 Å². The number of likely N-dealkylation sites (tertiary alicyclic amines) is 2. The van der Waals surface area contributed by atoms with E-state index >= 15 is 0 Å². The molecule has 13 amide bonds. The number of carbonyl (C=O) groups is 13. The quantitative estimate of drug-likeness (QED) is 0.0172. The van der Waals surface area contributed by atoms with Gasteiger partial charge in [0.15, 0.2) is 5.96 Å². The van der Waals surface area contributed by atoms with E-state index < -0.39 is 174 Å². The Morgan fingerprint density at radius 1 is 0.520 bits per heavy atom. The lowest BCUT2D eigenvalue weighted by Crippen LogP contribution is -2.64. The number of nitrogens with two attached hydrogens (primary N) is 3. The van der Waals surface area contributed by atoms with Gasteiger partial charge in [-0.1, -0.05) is 88.4 Å². The third-order valence-electron chi connectivity index (χ3n) is 17.0. The fourth-order valence-corrected chi connectivity index (χ4v) is 11.6. The minimum absolute atomic E-state index is 0.00786. The summed E-state index contributed by atoms with van der Waals surface area (Å²) in [5.74, 6) is -12.0. The van der Waals surface area contributed by atoms with Gasteiger partial charge in [-0.15, -0.1) is 0 Å². The fraction of sp³-hybridized carbons (Fsp3) is 0.600. The number of benzene rings is 2. The second-order valence-electron chi connectivity index (χ2n) is 25.8. The molecule has 2 aromatic rings. The van der Waals surface area contributed by atoms with Gasteiger partial charge in [-0.3, -0.25) is 67.3 Å². The monoisotopic (exact) mass is 1370 g/mol. The van der Waals surface area contributed by atoms with Crippen LogP contribution >= 0.6 is 0 Å². The Balaban J connectivity index is 1.32. The molecule has 3 aliphatic rings. The molecule has 540 valence electrons. The summed E-state index contributed by atoms with van der Waals surface area (Å²) in [4.78, 5) is 186. The van der Waals surface area contributed by atoms with Crippen LogP contribution in [0, 0.1) is 11.8 Å². The number of nitrogens with one attached hydrogen (secondary N) is 10. The number of aliphatic hydroxyl groups is 4. The zero-order valence-corrected chi connectivity index (χ0v) is 56.4. The van der Waals surface area contributed by atoms with E-state index in [1.165, 1.54) is 18.7 Å². The number of aliphatic hydroxyl groups excluding tert-OH is 4. The molecule has 0 saturated carbocycles. The molecule has 98 heavy (non-hydrogen) atoms. The lowest BCUT2D eigenvalue weighted by Gasteiger charge is -2.32. The molecule has 0 aliphatic carbocycles. The maximum Gasteiger partial charge on any atom is 0.248 e. The molecule has 3 fully saturated rings. The smallest absolute Gasteiger partial charge is 0.248 e. The SMILES string of the molecule is CC(C)C[C@H](NC(=O)[C@H](CCCN=C(N)N)NC(=O)[C@@H]1CCCN1C(=O)[C@@H](NC(=O)[C@H](Cc1ccccc1)NC(=O)[C@@H](NC(=O)[C@H](Cc1ccccc1)NC(=O)[C@@H](NC(=O)[C@@H]1CCCN1C(=O)[C@@H](NC(=O)[C@H](CO)NC(=O)[C@@H]1CCC(=O)N1)C(C)C)[C@@H](C)O)[C@@H](C)O)C(C)O)C(N)=O. The van der Waals surface area contributed by atoms with Gasteiger partial charge in [0.05, 0.1) is 24.9 Å². The molecule has 3 heterocycles. The van der Waals surface area contributed by atoms with Crippen molar-refractivity contribution in [3.63, 3.8) is 0 Å². The largest absolute Gasteiger partial charge is 0.394 e. The first-order valence-corrected chi connectivity index (χ1v) is 33.0. The van der Waals surface area contributed by atoms with E-state index in [-0.39, 0.29) is 102 Å².